The Morgan fingerprint density at radius 1 is 1.21 bits per heavy atom. The van der Waals surface area contributed by atoms with Crippen molar-refractivity contribution in [2.45, 2.75) is 18.9 Å². The van der Waals surface area contributed by atoms with E-state index in [0.717, 1.165) is 12.8 Å². The Labute approximate surface area is 119 Å². The van der Waals surface area contributed by atoms with Gasteiger partial charge in [0, 0.05) is 18.4 Å². The number of hydrogen-bond donors (Lipinski definition) is 2. The largest absolute Gasteiger partial charge is 0.299 e. The Bertz CT molecular complexity index is 731. The van der Waals surface area contributed by atoms with Gasteiger partial charge >= 0.3 is 0 Å². The minimum atomic E-state index is -3.54. The van der Waals surface area contributed by atoms with Crippen molar-refractivity contribution in [1.29, 1.82) is 0 Å². The van der Waals surface area contributed by atoms with Crippen LogP contribution in [-0.4, -0.2) is 24.4 Å². The zero-order valence-electron chi connectivity index (χ0n) is 9.80. The summed E-state index contributed by atoms with van der Waals surface area (Å²) in [5, 5.41) is 0. The first-order valence-electron chi connectivity index (χ1n) is 5.74. The zero-order valence-corrected chi connectivity index (χ0v) is 12.2. The Hall–Kier alpha value is -1.25. The Morgan fingerprint density at radius 2 is 1.95 bits per heavy atom. The quantitative estimate of drug-likeness (QED) is 0.887. The van der Waals surface area contributed by atoms with Crippen molar-refractivity contribution in [3.63, 3.8) is 0 Å². The molecule has 3 rings (SSSR count). The minimum absolute atomic E-state index is 0.0662. The minimum Gasteiger partial charge on any atom is -0.270 e. The normalized spacial score (nSPS) is 15.6. The molecule has 0 amide bonds. The lowest BCUT2D eigenvalue weighted by Crippen LogP contribution is -2.31. The first kappa shape index (κ1) is 12.8. The molecule has 0 spiro atoms. The van der Waals surface area contributed by atoms with Crippen LogP contribution in [0, 0.1) is 0 Å². The molecule has 1 aromatic heterocycles. The van der Waals surface area contributed by atoms with Crippen LogP contribution < -0.4 is 9.44 Å². The second-order valence-electron chi connectivity index (χ2n) is 4.35. The Morgan fingerprint density at radius 3 is 2.68 bits per heavy atom. The lowest BCUT2D eigenvalue weighted by atomic mass is 10.3. The van der Waals surface area contributed by atoms with Gasteiger partial charge in [-0.2, -0.15) is 13.1 Å². The van der Waals surface area contributed by atoms with Crippen molar-refractivity contribution < 1.29 is 8.42 Å². The third-order valence-corrected chi connectivity index (χ3v) is 4.66. The Balaban J connectivity index is 1.94. The van der Waals surface area contributed by atoms with Gasteiger partial charge in [0.25, 0.3) is 10.2 Å². The Kier molecular flexibility index (Phi) is 3.15. The summed E-state index contributed by atoms with van der Waals surface area (Å²) in [4.78, 5) is 8.33. The van der Waals surface area contributed by atoms with Gasteiger partial charge in [-0.05, 0) is 40.9 Å². The lowest BCUT2D eigenvalue weighted by Gasteiger charge is -2.11. The average molecular weight is 343 g/mol. The maximum atomic E-state index is 11.9. The smallest absolute Gasteiger partial charge is 0.270 e. The number of benzene rings is 1. The van der Waals surface area contributed by atoms with Crippen molar-refractivity contribution in [3.8, 4) is 0 Å². The molecule has 0 saturated heterocycles. The molecule has 0 aliphatic heterocycles. The van der Waals surface area contributed by atoms with Crippen LogP contribution in [0.15, 0.2) is 29.0 Å². The third kappa shape index (κ3) is 2.85. The first-order chi connectivity index (χ1) is 9.05. The third-order valence-electron chi connectivity index (χ3n) is 2.72. The van der Waals surface area contributed by atoms with Gasteiger partial charge in [-0.3, -0.25) is 14.7 Å². The number of anilines is 1. The molecule has 0 radical (unpaired) electrons. The van der Waals surface area contributed by atoms with E-state index in [-0.39, 0.29) is 6.04 Å². The van der Waals surface area contributed by atoms with Crippen molar-refractivity contribution in [1.82, 2.24) is 14.7 Å². The second kappa shape index (κ2) is 4.69. The van der Waals surface area contributed by atoms with Crippen LogP contribution in [0.5, 0.6) is 0 Å². The molecular formula is C11H11BrN4O2S. The van der Waals surface area contributed by atoms with E-state index in [1.807, 2.05) is 0 Å². The van der Waals surface area contributed by atoms with Crippen LogP contribution in [0.3, 0.4) is 0 Å². The average Bonchev–Trinajstić information content (AvgIpc) is 3.16. The number of nitrogens with zero attached hydrogens (tertiary/aromatic N) is 2. The highest BCUT2D eigenvalue weighted by atomic mass is 79.9. The zero-order chi connectivity index (χ0) is 13.5. The highest BCUT2D eigenvalue weighted by molar-refractivity contribution is 9.10. The van der Waals surface area contributed by atoms with Crippen LogP contribution in [0.2, 0.25) is 0 Å². The molecule has 2 N–H and O–H groups in total. The fourth-order valence-electron chi connectivity index (χ4n) is 1.68. The SMILES string of the molecule is O=S(=O)(Nc1ccc2nccnc2c1Br)NC1CC1. The van der Waals surface area contributed by atoms with Gasteiger partial charge in [0.05, 0.1) is 15.7 Å². The van der Waals surface area contributed by atoms with Crippen molar-refractivity contribution in [3.05, 3.63) is 29.0 Å². The number of nitrogens with one attached hydrogen (secondary N) is 2. The van der Waals surface area contributed by atoms with Gasteiger partial charge in [0.2, 0.25) is 0 Å². The van der Waals surface area contributed by atoms with Crippen LogP contribution >= 0.6 is 15.9 Å². The summed E-state index contributed by atoms with van der Waals surface area (Å²) in [7, 11) is -3.54. The van der Waals surface area contributed by atoms with Gasteiger partial charge in [-0.15, -0.1) is 0 Å². The van der Waals surface area contributed by atoms with Crippen molar-refractivity contribution in [2.75, 3.05) is 4.72 Å². The summed E-state index contributed by atoms with van der Waals surface area (Å²) in [5.41, 5.74) is 1.77. The molecule has 1 aliphatic rings. The molecule has 100 valence electrons. The molecule has 6 nitrogen and oxygen atoms in total. The summed E-state index contributed by atoms with van der Waals surface area (Å²) >= 11 is 3.36. The molecule has 19 heavy (non-hydrogen) atoms. The van der Waals surface area contributed by atoms with E-state index in [4.69, 9.17) is 0 Å². The molecule has 0 unspecified atom stereocenters. The van der Waals surface area contributed by atoms with Crippen LogP contribution in [0.25, 0.3) is 11.0 Å². The van der Waals surface area contributed by atoms with Gasteiger partial charge in [-0.25, -0.2) is 0 Å². The maximum absolute atomic E-state index is 11.9. The highest BCUT2D eigenvalue weighted by Crippen LogP contribution is 2.30. The molecule has 2 aromatic rings. The van der Waals surface area contributed by atoms with Crippen molar-refractivity contribution >= 4 is 42.9 Å². The van der Waals surface area contributed by atoms with Gasteiger partial charge in [0.15, 0.2) is 0 Å². The topological polar surface area (TPSA) is 84.0 Å². The number of aromatic nitrogens is 2. The predicted octanol–water partition coefficient (Wildman–Crippen LogP) is 1.80. The molecule has 1 aromatic carbocycles. The molecule has 1 fully saturated rings. The highest BCUT2D eigenvalue weighted by Gasteiger charge is 2.27. The molecular weight excluding hydrogens is 332 g/mol. The lowest BCUT2D eigenvalue weighted by molar-refractivity contribution is 0.586. The summed E-state index contributed by atoms with van der Waals surface area (Å²) < 4.78 is 29.4. The van der Waals surface area contributed by atoms with E-state index in [1.54, 1.807) is 24.5 Å². The first-order valence-corrected chi connectivity index (χ1v) is 8.02. The van der Waals surface area contributed by atoms with E-state index < -0.39 is 10.2 Å². The standard InChI is InChI=1S/C11H11BrN4O2S/c12-10-8(16-19(17,18)15-7-1-2-7)3-4-9-11(10)14-6-5-13-9/h3-7,15-16H,1-2H2. The van der Waals surface area contributed by atoms with Crippen LogP contribution in [-0.2, 0) is 10.2 Å². The van der Waals surface area contributed by atoms with E-state index >= 15 is 0 Å². The number of halogens is 1. The van der Waals surface area contributed by atoms with E-state index in [2.05, 4.69) is 35.3 Å². The second-order valence-corrected chi connectivity index (χ2v) is 6.59. The summed E-state index contributed by atoms with van der Waals surface area (Å²) in [6, 6.07) is 3.45. The number of hydrogen-bond acceptors (Lipinski definition) is 4. The van der Waals surface area contributed by atoms with E-state index in [0.29, 0.717) is 21.2 Å². The fourth-order valence-corrected chi connectivity index (χ4v) is 3.54. The summed E-state index contributed by atoms with van der Waals surface area (Å²) in [6.07, 6.45) is 4.94. The molecule has 1 aliphatic carbocycles. The summed E-state index contributed by atoms with van der Waals surface area (Å²) in [6.45, 7) is 0. The molecule has 1 heterocycles. The molecule has 0 atom stereocenters. The number of fused-ring (bicyclic) bond motifs is 1. The van der Waals surface area contributed by atoms with Crippen LogP contribution in [0.4, 0.5) is 5.69 Å². The molecule has 8 heteroatoms. The molecule has 0 bridgehead atoms. The fraction of sp³-hybridized carbons (Fsp3) is 0.273. The summed E-state index contributed by atoms with van der Waals surface area (Å²) in [5.74, 6) is 0. The van der Waals surface area contributed by atoms with Gasteiger partial charge in [-0.1, -0.05) is 0 Å². The van der Waals surface area contributed by atoms with Crippen LogP contribution in [0.1, 0.15) is 12.8 Å². The van der Waals surface area contributed by atoms with Gasteiger partial charge in [0.1, 0.15) is 5.52 Å². The van der Waals surface area contributed by atoms with Crippen molar-refractivity contribution in [2.24, 2.45) is 0 Å². The van der Waals surface area contributed by atoms with Gasteiger partial charge < -0.3 is 0 Å². The van der Waals surface area contributed by atoms with E-state index in [9.17, 15) is 8.42 Å². The predicted molar refractivity (Wildman–Crippen MR) is 75.9 cm³/mol. The monoisotopic (exact) mass is 342 g/mol. The molecule has 1 saturated carbocycles. The van der Waals surface area contributed by atoms with E-state index in [1.165, 1.54) is 0 Å². The number of rotatable bonds is 4. The maximum Gasteiger partial charge on any atom is 0.299 e.